The van der Waals surface area contributed by atoms with Crippen molar-refractivity contribution in [1.82, 2.24) is 14.7 Å². The Morgan fingerprint density at radius 3 is 2.70 bits per heavy atom. The largest absolute Gasteiger partial charge is 0.375 e. The summed E-state index contributed by atoms with van der Waals surface area (Å²) in [7, 11) is 1.47. The molecular formula is C25H24N4O3S. The number of nitrogens with one attached hydrogen (secondary N) is 2. The number of rotatable bonds is 9. The maximum absolute atomic E-state index is 12.5. The van der Waals surface area contributed by atoms with E-state index in [1.165, 1.54) is 7.11 Å². The molecule has 8 heteroatoms. The van der Waals surface area contributed by atoms with E-state index >= 15 is 0 Å². The minimum atomic E-state index is -0.224. The fourth-order valence-electron chi connectivity index (χ4n) is 3.29. The Morgan fingerprint density at radius 2 is 1.91 bits per heavy atom. The van der Waals surface area contributed by atoms with Crippen molar-refractivity contribution in [2.75, 3.05) is 19.0 Å². The molecular weight excluding hydrogens is 436 g/mol. The summed E-state index contributed by atoms with van der Waals surface area (Å²) in [4.78, 5) is 29.9. The minimum absolute atomic E-state index is 0.00573. The van der Waals surface area contributed by atoms with Gasteiger partial charge in [0, 0.05) is 47.9 Å². The number of thioether (sulfide) groups is 1. The topological polar surface area (TPSA) is 84.7 Å². The molecule has 2 aromatic carbocycles. The van der Waals surface area contributed by atoms with Crippen molar-refractivity contribution in [3.8, 4) is 0 Å². The van der Waals surface area contributed by atoms with Crippen LogP contribution in [0.2, 0.25) is 0 Å². The van der Waals surface area contributed by atoms with Gasteiger partial charge in [0.1, 0.15) is 12.3 Å². The first-order valence-corrected chi connectivity index (χ1v) is 11.4. The van der Waals surface area contributed by atoms with Crippen LogP contribution in [-0.2, 0) is 21.8 Å². The van der Waals surface area contributed by atoms with Gasteiger partial charge in [0.2, 0.25) is 5.91 Å². The van der Waals surface area contributed by atoms with Crippen molar-refractivity contribution >= 4 is 34.9 Å². The number of pyridine rings is 1. The van der Waals surface area contributed by atoms with Crippen LogP contribution < -0.4 is 10.6 Å². The molecule has 2 aromatic heterocycles. The molecule has 0 aliphatic rings. The average Bonchev–Trinajstić information content (AvgIpc) is 3.25. The molecule has 2 amide bonds. The predicted molar refractivity (Wildman–Crippen MR) is 129 cm³/mol. The number of ether oxygens (including phenoxy) is 1. The quantitative estimate of drug-likeness (QED) is 0.367. The lowest BCUT2D eigenvalue weighted by atomic mass is 10.1. The highest BCUT2D eigenvalue weighted by Crippen LogP contribution is 2.23. The Balaban J connectivity index is 1.29. The SMILES string of the molecule is COCC(=O)Nc1cccc(CNC(=O)c2ccc(SCc3cn4ccccc4n3)cc2)c1. The van der Waals surface area contributed by atoms with Gasteiger partial charge in [0.25, 0.3) is 5.91 Å². The third-order valence-corrected chi connectivity index (χ3v) is 5.90. The molecule has 168 valence electrons. The van der Waals surface area contributed by atoms with Gasteiger partial charge in [0.05, 0.1) is 5.69 Å². The molecule has 0 radical (unpaired) electrons. The number of fused-ring (bicyclic) bond motifs is 1. The summed E-state index contributed by atoms with van der Waals surface area (Å²) >= 11 is 1.68. The molecule has 0 aliphatic carbocycles. The van der Waals surface area contributed by atoms with Gasteiger partial charge in [-0.05, 0) is 54.1 Å². The summed E-state index contributed by atoms with van der Waals surface area (Å²) in [6.45, 7) is 0.353. The molecule has 0 aliphatic heterocycles. The number of benzene rings is 2. The van der Waals surface area contributed by atoms with E-state index in [-0.39, 0.29) is 18.4 Å². The lowest BCUT2D eigenvalue weighted by molar-refractivity contribution is -0.119. The second-order valence-corrected chi connectivity index (χ2v) is 8.42. The highest BCUT2D eigenvalue weighted by molar-refractivity contribution is 7.98. The molecule has 0 unspecified atom stereocenters. The molecule has 0 fully saturated rings. The first kappa shape index (κ1) is 22.6. The van der Waals surface area contributed by atoms with Gasteiger partial charge in [-0.3, -0.25) is 9.59 Å². The molecule has 0 saturated carbocycles. The second-order valence-electron chi connectivity index (χ2n) is 7.38. The monoisotopic (exact) mass is 460 g/mol. The summed E-state index contributed by atoms with van der Waals surface area (Å²) < 4.78 is 6.82. The third kappa shape index (κ3) is 6.21. The zero-order valence-corrected chi connectivity index (χ0v) is 19.0. The van der Waals surface area contributed by atoms with Crippen LogP contribution in [0.25, 0.3) is 5.65 Å². The highest BCUT2D eigenvalue weighted by atomic mass is 32.2. The Hall–Kier alpha value is -3.62. The van der Waals surface area contributed by atoms with Gasteiger partial charge in [-0.2, -0.15) is 0 Å². The zero-order chi connectivity index (χ0) is 23.0. The number of anilines is 1. The number of hydrogen-bond acceptors (Lipinski definition) is 5. The Bertz CT molecular complexity index is 1220. The van der Waals surface area contributed by atoms with Gasteiger partial charge >= 0.3 is 0 Å². The standard InChI is InChI=1S/C25H24N4O3S/c1-32-16-24(30)28-20-6-4-5-18(13-20)14-26-25(31)19-8-10-22(11-9-19)33-17-21-15-29-12-3-2-7-23(29)27-21/h2-13,15H,14,16-17H2,1H3,(H,26,31)(H,28,30). The predicted octanol–water partition coefficient (Wildman–Crippen LogP) is 4.14. The van der Waals surface area contributed by atoms with Crippen LogP contribution in [0.3, 0.4) is 0 Å². The van der Waals surface area contributed by atoms with E-state index in [1.807, 2.05) is 77.5 Å². The second kappa shape index (κ2) is 10.8. The smallest absolute Gasteiger partial charge is 0.251 e. The Kier molecular flexibility index (Phi) is 7.39. The fraction of sp³-hybridized carbons (Fsp3) is 0.160. The van der Waals surface area contributed by atoms with Crippen molar-refractivity contribution in [3.63, 3.8) is 0 Å². The molecule has 7 nitrogen and oxygen atoms in total. The maximum atomic E-state index is 12.5. The Labute approximate surface area is 196 Å². The number of hydrogen-bond donors (Lipinski definition) is 2. The van der Waals surface area contributed by atoms with E-state index in [0.717, 1.165) is 27.6 Å². The summed E-state index contributed by atoms with van der Waals surface area (Å²) in [6, 6.07) is 20.8. The summed E-state index contributed by atoms with van der Waals surface area (Å²) in [6.07, 6.45) is 4.01. The lowest BCUT2D eigenvalue weighted by Gasteiger charge is -2.09. The number of nitrogens with zero attached hydrogens (tertiary/aromatic N) is 2. The number of carbonyl (C=O) groups is 2. The summed E-state index contributed by atoms with van der Waals surface area (Å²) in [5.74, 6) is 0.378. The van der Waals surface area contributed by atoms with Gasteiger partial charge < -0.3 is 19.8 Å². The van der Waals surface area contributed by atoms with E-state index in [2.05, 4.69) is 15.6 Å². The van der Waals surface area contributed by atoms with Crippen molar-refractivity contribution in [3.05, 3.63) is 95.9 Å². The average molecular weight is 461 g/mol. The summed E-state index contributed by atoms with van der Waals surface area (Å²) in [5.41, 5.74) is 4.09. The number of amides is 2. The van der Waals surface area contributed by atoms with Crippen LogP contribution >= 0.6 is 11.8 Å². The molecule has 33 heavy (non-hydrogen) atoms. The molecule has 2 N–H and O–H groups in total. The van der Waals surface area contributed by atoms with Gasteiger partial charge in [-0.25, -0.2) is 4.98 Å². The molecule has 0 bridgehead atoms. The van der Waals surface area contributed by atoms with Crippen molar-refractivity contribution in [1.29, 1.82) is 0 Å². The van der Waals surface area contributed by atoms with E-state index < -0.39 is 0 Å². The summed E-state index contributed by atoms with van der Waals surface area (Å²) in [5, 5.41) is 5.67. The highest BCUT2D eigenvalue weighted by Gasteiger charge is 2.08. The molecule has 0 atom stereocenters. The van der Waals surface area contributed by atoms with Crippen LogP contribution in [0, 0.1) is 0 Å². The van der Waals surface area contributed by atoms with E-state index in [1.54, 1.807) is 17.8 Å². The van der Waals surface area contributed by atoms with Crippen LogP contribution in [0.15, 0.2) is 84.0 Å². The molecule has 0 saturated heterocycles. The van der Waals surface area contributed by atoms with E-state index in [0.29, 0.717) is 17.8 Å². The number of aromatic nitrogens is 2. The third-order valence-electron chi connectivity index (χ3n) is 4.86. The molecule has 0 spiro atoms. The van der Waals surface area contributed by atoms with E-state index in [9.17, 15) is 9.59 Å². The molecule has 4 aromatic rings. The fourth-order valence-corrected chi connectivity index (χ4v) is 4.07. The molecule has 4 rings (SSSR count). The van der Waals surface area contributed by atoms with Crippen molar-refractivity contribution < 1.29 is 14.3 Å². The van der Waals surface area contributed by atoms with Crippen LogP contribution in [0.5, 0.6) is 0 Å². The lowest BCUT2D eigenvalue weighted by Crippen LogP contribution is -2.23. The number of methoxy groups -OCH3 is 1. The van der Waals surface area contributed by atoms with Gasteiger partial charge in [-0.15, -0.1) is 11.8 Å². The normalized spacial score (nSPS) is 10.8. The first-order valence-electron chi connectivity index (χ1n) is 10.4. The van der Waals surface area contributed by atoms with Crippen LogP contribution in [0.4, 0.5) is 5.69 Å². The number of imidazole rings is 1. The molecule has 2 heterocycles. The number of carbonyl (C=O) groups excluding carboxylic acids is 2. The Morgan fingerprint density at radius 1 is 1.06 bits per heavy atom. The first-order chi connectivity index (χ1) is 16.1. The zero-order valence-electron chi connectivity index (χ0n) is 18.2. The van der Waals surface area contributed by atoms with E-state index in [4.69, 9.17) is 4.74 Å². The van der Waals surface area contributed by atoms with Gasteiger partial charge in [0.15, 0.2) is 0 Å². The van der Waals surface area contributed by atoms with Crippen molar-refractivity contribution in [2.45, 2.75) is 17.2 Å². The maximum Gasteiger partial charge on any atom is 0.251 e. The minimum Gasteiger partial charge on any atom is -0.375 e. The van der Waals surface area contributed by atoms with Crippen LogP contribution in [0.1, 0.15) is 21.6 Å². The van der Waals surface area contributed by atoms with Crippen molar-refractivity contribution in [2.24, 2.45) is 0 Å². The van der Waals surface area contributed by atoms with Crippen LogP contribution in [-0.4, -0.2) is 34.9 Å². The van der Waals surface area contributed by atoms with Gasteiger partial charge in [-0.1, -0.05) is 18.2 Å².